The Morgan fingerprint density at radius 2 is 1.52 bits per heavy atom. The predicted octanol–water partition coefficient (Wildman–Crippen LogP) is 4.72. The molecule has 0 aliphatic rings. The Balaban J connectivity index is 2.07. The van der Waals surface area contributed by atoms with Crippen molar-refractivity contribution in [3.8, 4) is 0 Å². The van der Waals surface area contributed by atoms with Gasteiger partial charge in [0.1, 0.15) is 0 Å². The normalized spacial score (nSPS) is 11.2. The number of nitrogens with two attached hydrogens (primary N) is 1. The molecule has 21 heavy (non-hydrogen) atoms. The minimum Gasteiger partial charge on any atom is -0.326 e. The van der Waals surface area contributed by atoms with E-state index in [-0.39, 0.29) is 0 Å². The summed E-state index contributed by atoms with van der Waals surface area (Å²) >= 11 is 0. The third-order valence-electron chi connectivity index (χ3n) is 4.07. The molecule has 0 amide bonds. The highest BCUT2D eigenvalue weighted by atomic mass is 15.1. The van der Waals surface area contributed by atoms with E-state index < -0.39 is 0 Å². The summed E-state index contributed by atoms with van der Waals surface area (Å²) in [4.78, 5) is 2.42. The van der Waals surface area contributed by atoms with Crippen molar-refractivity contribution in [1.82, 2.24) is 4.90 Å². The van der Waals surface area contributed by atoms with Gasteiger partial charge in [0.15, 0.2) is 0 Å². The van der Waals surface area contributed by atoms with Gasteiger partial charge in [-0.25, -0.2) is 0 Å². The molecule has 0 spiro atoms. The fraction of sp³-hybridized carbons (Fsp3) is 0.684. The van der Waals surface area contributed by atoms with Crippen LogP contribution in [0.3, 0.4) is 0 Å². The van der Waals surface area contributed by atoms with E-state index in [1.165, 1.54) is 69.0 Å². The van der Waals surface area contributed by atoms with Crippen LogP contribution in [0.5, 0.6) is 0 Å². The molecular formula is C19H34N2. The molecule has 2 heteroatoms. The maximum atomic E-state index is 5.69. The van der Waals surface area contributed by atoms with Crippen LogP contribution in [0, 0.1) is 0 Å². The van der Waals surface area contributed by atoms with E-state index in [9.17, 15) is 0 Å². The van der Waals surface area contributed by atoms with Crippen molar-refractivity contribution < 1.29 is 0 Å². The molecule has 1 rings (SSSR count). The number of rotatable bonds is 12. The summed E-state index contributed by atoms with van der Waals surface area (Å²) in [5, 5.41) is 0. The van der Waals surface area contributed by atoms with Gasteiger partial charge in [0, 0.05) is 13.1 Å². The predicted molar refractivity (Wildman–Crippen MR) is 93.3 cm³/mol. The van der Waals surface area contributed by atoms with Crippen LogP contribution in [0.1, 0.15) is 69.4 Å². The van der Waals surface area contributed by atoms with E-state index in [0.29, 0.717) is 6.54 Å². The lowest BCUT2D eigenvalue weighted by Crippen LogP contribution is -2.19. The smallest absolute Gasteiger partial charge is 0.0230 e. The maximum absolute atomic E-state index is 5.69. The Labute approximate surface area is 131 Å². The van der Waals surface area contributed by atoms with Crippen LogP contribution < -0.4 is 5.73 Å². The topological polar surface area (TPSA) is 29.3 Å². The van der Waals surface area contributed by atoms with Crippen molar-refractivity contribution >= 4 is 0 Å². The first-order chi connectivity index (χ1) is 10.3. The molecule has 0 unspecified atom stereocenters. The summed E-state index contributed by atoms with van der Waals surface area (Å²) in [6, 6.07) is 8.64. The Kier molecular flexibility index (Phi) is 10.2. The van der Waals surface area contributed by atoms with Gasteiger partial charge in [0.25, 0.3) is 0 Å². The largest absolute Gasteiger partial charge is 0.326 e. The summed E-state index contributed by atoms with van der Waals surface area (Å²) in [6.07, 6.45) is 11.1. The molecule has 0 bridgehead atoms. The number of hydrogen-bond donors (Lipinski definition) is 1. The summed E-state index contributed by atoms with van der Waals surface area (Å²) in [5.41, 5.74) is 8.30. The van der Waals surface area contributed by atoms with Crippen LogP contribution >= 0.6 is 0 Å². The van der Waals surface area contributed by atoms with Gasteiger partial charge in [-0.05, 0) is 31.1 Å². The molecule has 0 aliphatic carbocycles. The lowest BCUT2D eigenvalue weighted by Gasteiger charge is -2.17. The van der Waals surface area contributed by atoms with Crippen molar-refractivity contribution in [1.29, 1.82) is 0 Å². The van der Waals surface area contributed by atoms with Gasteiger partial charge in [-0.1, -0.05) is 76.1 Å². The van der Waals surface area contributed by atoms with Gasteiger partial charge in [-0.3, -0.25) is 0 Å². The van der Waals surface area contributed by atoms with Crippen LogP contribution in [0.4, 0.5) is 0 Å². The molecule has 1 aromatic carbocycles. The first-order valence-electron chi connectivity index (χ1n) is 8.72. The van der Waals surface area contributed by atoms with E-state index in [1.807, 2.05) is 0 Å². The minimum atomic E-state index is 0.635. The van der Waals surface area contributed by atoms with Crippen LogP contribution in [0.2, 0.25) is 0 Å². The molecule has 1 aromatic rings. The average molecular weight is 290 g/mol. The quantitative estimate of drug-likeness (QED) is 0.564. The highest BCUT2D eigenvalue weighted by molar-refractivity contribution is 5.23. The van der Waals surface area contributed by atoms with Crippen LogP contribution in [-0.2, 0) is 13.1 Å². The standard InChI is InChI=1S/C19H34N2/c1-3-4-5-6-7-8-9-10-14-21(2)17-19-13-11-12-18(15-19)16-20/h11-13,15H,3-10,14,16-17,20H2,1-2H3. The van der Waals surface area contributed by atoms with E-state index in [2.05, 4.69) is 43.1 Å². The summed E-state index contributed by atoms with van der Waals surface area (Å²) < 4.78 is 0. The monoisotopic (exact) mass is 290 g/mol. The molecule has 0 radical (unpaired) electrons. The highest BCUT2D eigenvalue weighted by Crippen LogP contribution is 2.10. The van der Waals surface area contributed by atoms with Gasteiger partial charge in [-0.15, -0.1) is 0 Å². The fourth-order valence-corrected chi connectivity index (χ4v) is 2.76. The third-order valence-corrected chi connectivity index (χ3v) is 4.07. The lowest BCUT2D eigenvalue weighted by atomic mass is 10.1. The number of nitrogens with zero attached hydrogens (tertiary/aromatic N) is 1. The molecular weight excluding hydrogens is 256 g/mol. The highest BCUT2D eigenvalue weighted by Gasteiger charge is 2.01. The molecule has 2 N–H and O–H groups in total. The fourth-order valence-electron chi connectivity index (χ4n) is 2.76. The van der Waals surface area contributed by atoms with E-state index in [1.54, 1.807) is 0 Å². The van der Waals surface area contributed by atoms with E-state index in [4.69, 9.17) is 5.73 Å². The number of unbranched alkanes of at least 4 members (excludes halogenated alkanes) is 7. The van der Waals surface area contributed by atoms with E-state index >= 15 is 0 Å². The number of hydrogen-bond acceptors (Lipinski definition) is 2. The summed E-state index contributed by atoms with van der Waals surface area (Å²) in [7, 11) is 2.22. The molecule has 0 aromatic heterocycles. The Hall–Kier alpha value is -0.860. The minimum absolute atomic E-state index is 0.635. The van der Waals surface area contributed by atoms with Crippen LogP contribution in [0.25, 0.3) is 0 Å². The maximum Gasteiger partial charge on any atom is 0.0230 e. The summed E-state index contributed by atoms with van der Waals surface area (Å²) in [6.45, 7) is 5.14. The van der Waals surface area contributed by atoms with Gasteiger partial charge in [0.2, 0.25) is 0 Å². The molecule has 0 saturated carbocycles. The van der Waals surface area contributed by atoms with Crippen LogP contribution in [0.15, 0.2) is 24.3 Å². The zero-order chi connectivity index (χ0) is 15.3. The van der Waals surface area contributed by atoms with Gasteiger partial charge < -0.3 is 10.6 Å². The molecule has 0 saturated heterocycles. The first kappa shape index (κ1) is 18.2. The van der Waals surface area contributed by atoms with Crippen molar-refractivity contribution in [2.75, 3.05) is 13.6 Å². The van der Waals surface area contributed by atoms with Crippen molar-refractivity contribution in [3.63, 3.8) is 0 Å². The second kappa shape index (κ2) is 11.8. The Morgan fingerprint density at radius 3 is 2.19 bits per heavy atom. The van der Waals surface area contributed by atoms with Gasteiger partial charge >= 0.3 is 0 Å². The first-order valence-corrected chi connectivity index (χ1v) is 8.72. The van der Waals surface area contributed by atoms with Crippen molar-refractivity contribution in [2.24, 2.45) is 5.73 Å². The molecule has 2 nitrogen and oxygen atoms in total. The zero-order valence-electron chi connectivity index (χ0n) is 14.1. The average Bonchev–Trinajstić information content (AvgIpc) is 2.50. The molecule has 0 heterocycles. The Morgan fingerprint density at radius 1 is 0.905 bits per heavy atom. The van der Waals surface area contributed by atoms with Gasteiger partial charge in [0.05, 0.1) is 0 Å². The van der Waals surface area contributed by atoms with Gasteiger partial charge in [-0.2, -0.15) is 0 Å². The third kappa shape index (κ3) is 8.90. The zero-order valence-corrected chi connectivity index (χ0v) is 14.1. The Bertz CT molecular complexity index is 362. The molecule has 120 valence electrons. The molecule has 0 aliphatic heterocycles. The van der Waals surface area contributed by atoms with Crippen LogP contribution in [-0.4, -0.2) is 18.5 Å². The lowest BCUT2D eigenvalue weighted by molar-refractivity contribution is 0.316. The second-order valence-corrected chi connectivity index (χ2v) is 6.24. The van der Waals surface area contributed by atoms with Crippen molar-refractivity contribution in [3.05, 3.63) is 35.4 Å². The SMILES string of the molecule is CCCCCCCCCCN(C)Cc1cccc(CN)c1. The van der Waals surface area contributed by atoms with Crippen molar-refractivity contribution in [2.45, 2.75) is 71.4 Å². The molecule has 0 fully saturated rings. The number of benzene rings is 1. The summed E-state index contributed by atoms with van der Waals surface area (Å²) in [5.74, 6) is 0. The second-order valence-electron chi connectivity index (χ2n) is 6.24. The van der Waals surface area contributed by atoms with E-state index in [0.717, 1.165) is 6.54 Å². The molecule has 0 atom stereocenters.